The van der Waals surface area contributed by atoms with E-state index < -0.39 is 16.1 Å². The molecule has 32 heavy (non-hydrogen) atoms. The molecule has 0 fully saturated rings. The number of carbonyl (C=O) groups is 2. The van der Waals surface area contributed by atoms with Gasteiger partial charge in [-0.2, -0.15) is 0 Å². The van der Waals surface area contributed by atoms with Crippen LogP contribution in [-0.2, 0) is 27.1 Å². The number of sulfonamides is 1. The minimum Gasteiger partial charge on any atom is -0.494 e. The summed E-state index contributed by atoms with van der Waals surface area (Å²) in [7, 11) is -1.96. The topological polar surface area (TPSA) is 114 Å². The fraction of sp³-hybridized carbons (Fsp3) is 0.391. The Balaban J connectivity index is 1.96. The Morgan fingerprint density at radius 2 is 1.56 bits per heavy atom. The van der Waals surface area contributed by atoms with Gasteiger partial charge in [0.2, 0.25) is 15.9 Å². The Labute approximate surface area is 189 Å². The van der Waals surface area contributed by atoms with Gasteiger partial charge in [0, 0.05) is 12.1 Å². The zero-order valence-electron chi connectivity index (χ0n) is 18.8. The van der Waals surface area contributed by atoms with Crippen molar-refractivity contribution in [3.8, 4) is 5.75 Å². The van der Waals surface area contributed by atoms with Gasteiger partial charge in [0.15, 0.2) is 0 Å². The van der Waals surface area contributed by atoms with Crippen molar-refractivity contribution in [2.75, 3.05) is 13.7 Å². The minimum atomic E-state index is -3.34. The molecule has 0 bridgehead atoms. The third-order valence-electron chi connectivity index (χ3n) is 4.82. The molecule has 2 aromatic rings. The number of carbonyl (C=O) groups excluding carboxylic acids is 2. The summed E-state index contributed by atoms with van der Waals surface area (Å²) in [5, 5.41) is 5.63. The lowest BCUT2D eigenvalue weighted by molar-refractivity contribution is -0.124. The lowest BCUT2D eigenvalue weighted by Gasteiger charge is -2.22. The van der Waals surface area contributed by atoms with Gasteiger partial charge in [0.1, 0.15) is 11.8 Å². The van der Waals surface area contributed by atoms with E-state index in [2.05, 4.69) is 15.4 Å². The van der Waals surface area contributed by atoms with Crippen LogP contribution in [0.5, 0.6) is 5.75 Å². The quantitative estimate of drug-likeness (QED) is 0.475. The summed E-state index contributed by atoms with van der Waals surface area (Å²) in [6.07, 6.45) is 0. The smallest absolute Gasteiger partial charge is 0.251 e. The van der Waals surface area contributed by atoms with Crippen LogP contribution in [0.2, 0.25) is 0 Å². The zero-order chi connectivity index (χ0) is 23.7. The first kappa shape index (κ1) is 25.4. The van der Waals surface area contributed by atoms with Crippen LogP contribution in [0.4, 0.5) is 0 Å². The Morgan fingerprint density at radius 1 is 0.969 bits per heavy atom. The van der Waals surface area contributed by atoms with Crippen LogP contribution in [0.15, 0.2) is 48.5 Å². The van der Waals surface area contributed by atoms with Crippen molar-refractivity contribution in [2.45, 2.75) is 39.1 Å². The van der Waals surface area contributed by atoms with E-state index >= 15 is 0 Å². The van der Waals surface area contributed by atoms with Gasteiger partial charge in [-0.15, -0.1) is 0 Å². The van der Waals surface area contributed by atoms with E-state index in [1.54, 1.807) is 48.5 Å². The molecule has 0 aliphatic rings. The van der Waals surface area contributed by atoms with Crippen molar-refractivity contribution in [2.24, 2.45) is 5.92 Å². The minimum absolute atomic E-state index is 0.108. The summed E-state index contributed by atoms with van der Waals surface area (Å²) in [6, 6.07) is 13.0. The number of amides is 2. The molecule has 1 atom stereocenters. The highest BCUT2D eigenvalue weighted by Crippen LogP contribution is 2.13. The van der Waals surface area contributed by atoms with Crippen LogP contribution >= 0.6 is 0 Å². The highest BCUT2D eigenvalue weighted by Gasteiger charge is 2.24. The van der Waals surface area contributed by atoms with Crippen LogP contribution < -0.4 is 20.1 Å². The molecule has 2 aromatic carbocycles. The van der Waals surface area contributed by atoms with Gasteiger partial charge in [-0.1, -0.05) is 38.1 Å². The molecule has 9 heteroatoms. The van der Waals surface area contributed by atoms with Crippen molar-refractivity contribution in [3.63, 3.8) is 0 Å². The van der Waals surface area contributed by atoms with Gasteiger partial charge >= 0.3 is 0 Å². The second kappa shape index (κ2) is 11.6. The van der Waals surface area contributed by atoms with Gasteiger partial charge in [-0.05, 0) is 55.3 Å². The standard InChI is InChI=1S/C23H31N3O5S/c1-5-31-20-12-10-19(11-13-20)22(27)26-21(16(2)3)23(28)25-14-17-6-8-18(9-7-17)15-32(29,30)24-4/h6-13,16,21,24H,5,14-15H2,1-4H3,(H,25,28)(H,26,27). The van der Waals surface area contributed by atoms with Crippen molar-refractivity contribution in [1.29, 1.82) is 0 Å². The fourth-order valence-electron chi connectivity index (χ4n) is 2.97. The van der Waals surface area contributed by atoms with Crippen LogP contribution in [0.3, 0.4) is 0 Å². The maximum Gasteiger partial charge on any atom is 0.251 e. The molecule has 0 saturated heterocycles. The number of nitrogens with one attached hydrogen (secondary N) is 3. The largest absolute Gasteiger partial charge is 0.494 e. The molecule has 1 unspecified atom stereocenters. The van der Waals surface area contributed by atoms with Gasteiger partial charge in [-0.3, -0.25) is 9.59 Å². The Morgan fingerprint density at radius 3 is 2.09 bits per heavy atom. The van der Waals surface area contributed by atoms with Crippen LogP contribution in [0.25, 0.3) is 0 Å². The number of benzene rings is 2. The summed E-state index contributed by atoms with van der Waals surface area (Å²) >= 11 is 0. The number of hydrogen-bond donors (Lipinski definition) is 3. The van der Waals surface area contributed by atoms with Crippen molar-refractivity contribution < 1.29 is 22.7 Å². The monoisotopic (exact) mass is 461 g/mol. The number of hydrogen-bond acceptors (Lipinski definition) is 5. The zero-order valence-corrected chi connectivity index (χ0v) is 19.7. The van der Waals surface area contributed by atoms with E-state index in [0.29, 0.717) is 23.5 Å². The molecule has 0 saturated carbocycles. The van der Waals surface area contributed by atoms with E-state index in [4.69, 9.17) is 4.74 Å². The molecular formula is C23H31N3O5S. The van der Waals surface area contributed by atoms with Gasteiger partial charge < -0.3 is 15.4 Å². The summed E-state index contributed by atoms with van der Waals surface area (Å²) in [5.74, 6) is -0.172. The van der Waals surface area contributed by atoms with Crippen LogP contribution in [0, 0.1) is 5.92 Å². The van der Waals surface area contributed by atoms with Crippen LogP contribution in [0.1, 0.15) is 42.3 Å². The van der Waals surface area contributed by atoms with Crippen molar-refractivity contribution in [3.05, 3.63) is 65.2 Å². The second-order valence-corrected chi connectivity index (χ2v) is 9.58. The molecule has 8 nitrogen and oxygen atoms in total. The first-order valence-corrected chi connectivity index (χ1v) is 12.1. The molecule has 3 N–H and O–H groups in total. The molecule has 0 spiro atoms. The van der Waals surface area contributed by atoms with E-state index in [0.717, 1.165) is 5.56 Å². The highest BCUT2D eigenvalue weighted by atomic mass is 32.2. The average Bonchev–Trinajstić information content (AvgIpc) is 2.77. The predicted octanol–water partition coefficient (Wildman–Crippen LogP) is 2.21. The number of rotatable bonds is 11. The maximum absolute atomic E-state index is 12.7. The predicted molar refractivity (Wildman–Crippen MR) is 124 cm³/mol. The maximum atomic E-state index is 12.7. The van der Waals surface area contributed by atoms with Crippen LogP contribution in [-0.4, -0.2) is 39.9 Å². The third-order valence-corrected chi connectivity index (χ3v) is 6.16. The van der Waals surface area contributed by atoms with Crippen molar-refractivity contribution in [1.82, 2.24) is 15.4 Å². The normalized spacial score (nSPS) is 12.3. The summed E-state index contributed by atoms with van der Waals surface area (Å²) in [5.41, 5.74) is 1.92. The Kier molecular flexibility index (Phi) is 9.22. The molecule has 0 heterocycles. The van der Waals surface area contributed by atoms with Gasteiger partial charge in [-0.25, -0.2) is 13.1 Å². The van der Waals surface area contributed by atoms with E-state index in [9.17, 15) is 18.0 Å². The molecule has 174 valence electrons. The lowest BCUT2D eigenvalue weighted by atomic mass is 10.0. The third kappa shape index (κ3) is 7.65. The highest BCUT2D eigenvalue weighted by molar-refractivity contribution is 7.88. The first-order chi connectivity index (χ1) is 15.1. The van der Waals surface area contributed by atoms with E-state index in [1.807, 2.05) is 20.8 Å². The molecule has 0 radical (unpaired) electrons. The summed E-state index contributed by atoms with van der Waals surface area (Å²) in [4.78, 5) is 25.3. The molecule has 2 amide bonds. The first-order valence-electron chi connectivity index (χ1n) is 10.5. The molecule has 0 aromatic heterocycles. The van der Waals surface area contributed by atoms with E-state index in [-0.39, 0.29) is 30.0 Å². The Hall–Kier alpha value is -2.91. The molecule has 0 aliphatic heterocycles. The fourth-order valence-corrected chi connectivity index (χ4v) is 3.75. The number of ether oxygens (including phenoxy) is 1. The SMILES string of the molecule is CCOc1ccc(C(=O)NC(C(=O)NCc2ccc(CS(=O)(=O)NC)cc2)C(C)C)cc1. The molecular weight excluding hydrogens is 430 g/mol. The summed E-state index contributed by atoms with van der Waals surface area (Å²) < 4.78 is 30.9. The van der Waals surface area contributed by atoms with Gasteiger partial charge in [0.05, 0.1) is 12.4 Å². The average molecular weight is 462 g/mol. The Bertz CT molecular complexity index is 1000. The van der Waals surface area contributed by atoms with Crippen molar-refractivity contribution >= 4 is 21.8 Å². The second-order valence-electron chi connectivity index (χ2n) is 7.65. The molecule has 2 rings (SSSR count). The van der Waals surface area contributed by atoms with Gasteiger partial charge in [0.25, 0.3) is 5.91 Å². The molecule has 0 aliphatic carbocycles. The van der Waals surface area contributed by atoms with E-state index in [1.165, 1.54) is 7.05 Å². The summed E-state index contributed by atoms with van der Waals surface area (Å²) in [6.45, 7) is 6.41. The lowest BCUT2D eigenvalue weighted by Crippen LogP contribution is -2.49.